The Kier molecular flexibility index (Phi) is 5.69. The van der Waals surface area contributed by atoms with Crippen LogP contribution in [0.1, 0.15) is 12.0 Å². The summed E-state index contributed by atoms with van der Waals surface area (Å²) in [6, 6.07) is 2.59. The molecule has 0 aliphatic rings. The lowest BCUT2D eigenvalue weighted by Crippen LogP contribution is -2.27. The maximum Gasteiger partial charge on any atom is 0.221 e. The van der Waals surface area contributed by atoms with E-state index in [2.05, 4.69) is 10.6 Å². The molecule has 0 fully saturated rings. The lowest BCUT2D eigenvalue weighted by Gasteiger charge is -2.20. The van der Waals surface area contributed by atoms with Crippen molar-refractivity contribution < 1.29 is 13.6 Å². The number of rotatable bonds is 6. The Morgan fingerprint density at radius 3 is 2.32 bits per heavy atom. The summed E-state index contributed by atoms with van der Waals surface area (Å²) in [6.07, 6.45) is 0.185. The van der Waals surface area contributed by atoms with E-state index in [-0.39, 0.29) is 24.6 Å². The number of hydrogen-bond donors (Lipinski definition) is 2. The summed E-state index contributed by atoms with van der Waals surface area (Å²) in [7, 11) is 4.79. The Balaban J connectivity index is 2.85. The van der Waals surface area contributed by atoms with E-state index >= 15 is 0 Å². The van der Waals surface area contributed by atoms with E-state index in [0.717, 1.165) is 0 Å². The first kappa shape index (κ1) is 15.4. The van der Waals surface area contributed by atoms with E-state index in [9.17, 15) is 13.6 Å². The van der Waals surface area contributed by atoms with Gasteiger partial charge in [-0.05, 0) is 24.7 Å². The van der Waals surface area contributed by atoms with Crippen molar-refractivity contribution in [3.05, 3.63) is 29.3 Å². The van der Waals surface area contributed by atoms with Crippen LogP contribution in [0, 0.1) is 11.6 Å². The van der Waals surface area contributed by atoms with E-state index in [1.165, 1.54) is 24.1 Å². The zero-order chi connectivity index (χ0) is 14.4. The van der Waals surface area contributed by atoms with Gasteiger partial charge in [-0.25, -0.2) is 8.78 Å². The molecule has 1 rings (SSSR count). The number of amides is 1. The Labute approximate surface area is 111 Å². The number of hydrogen-bond acceptors (Lipinski definition) is 3. The molecule has 1 aromatic carbocycles. The molecule has 0 bridgehead atoms. The van der Waals surface area contributed by atoms with Crippen LogP contribution >= 0.6 is 0 Å². The van der Waals surface area contributed by atoms with Gasteiger partial charge in [0.1, 0.15) is 17.3 Å². The molecule has 0 aromatic heterocycles. The average Bonchev–Trinajstić information content (AvgIpc) is 2.35. The fourth-order valence-corrected chi connectivity index (χ4v) is 1.79. The zero-order valence-electron chi connectivity index (χ0n) is 11.4. The van der Waals surface area contributed by atoms with E-state index in [4.69, 9.17) is 0 Å². The molecule has 0 atom stereocenters. The molecule has 19 heavy (non-hydrogen) atoms. The molecule has 1 aromatic rings. The zero-order valence-corrected chi connectivity index (χ0v) is 11.4. The predicted molar refractivity (Wildman–Crippen MR) is 71.1 cm³/mol. The largest absolute Gasteiger partial charge is 0.369 e. The van der Waals surface area contributed by atoms with Crippen molar-refractivity contribution in [2.24, 2.45) is 0 Å². The average molecular weight is 271 g/mol. The highest BCUT2D eigenvalue weighted by molar-refractivity contribution is 5.76. The summed E-state index contributed by atoms with van der Waals surface area (Å²) >= 11 is 0. The van der Waals surface area contributed by atoms with Gasteiger partial charge >= 0.3 is 0 Å². The van der Waals surface area contributed by atoms with Gasteiger partial charge in [0.15, 0.2) is 0 Å². The quantitative estimate of drug-likeness (QED) is 0.818. The number of anilines is 1. The second kappa shape index (κ2) is 7.04. The molecule has 2 N–H and O–H groups in total. The number of nitrogens with one attached hydrogen (secondary N) is 2. The molecule has 0 unspecified atom stereocenters. The minimum atomic E-state index is -0.621. The monoisotopic (exact) mass is 271 g/mol. The highest BCUT2D eigenvalue weighted by atomic mass is 19.1. The number of nitrogens with zero attached hydrogens (tertiary/aromatic N) is 1. The van der Waals surface area contributed by atoms with Gasteiger partial charge in [-0.3, -0.25) is 4.79 Å². The number of benzene rings is 1. The second-order valence-electron chi connectivity index (χ2n) is 4.28. The van der Waals surface area contributed by atoms with Crippen LogP contribution in [0.5, 0.6) is 0 Å². The van der Waals surface area contributed by atoms with Crippen LogP contribution in [0.15, 0.2) is 12.1 Å². The Hall–Kier alpha value is -1.69. The fraction of sp³-hybridized carbons (Fsp3) is 0.462. The summed E-state index contributed by atoms with van der Waals surface area (Å²) in [6.45, 7) is 0.648. The summed E-state index contributed by atoms with van der Waals surface area (Å²) in [5, 5.41) is 5.30. The smallest absolute Gasteiger partial charge is 0.221 e. The van der Waals surface area contributed by atoms with Gasteiger partial charge in [0.05, 0.1) is 0 Å². The summed E-state index contributed by atoms with van der Waals surface area (Å²) in [5.41, 5.74) is 0.435. The third-order valence-electron chi connectivity index (χ3n) is 2.79. The second-order valence-corrected chi connectivity index (χ2v) is 4.28. The highest BCUT2D eigenvalue weighted by Gasteiger charge is 2.15. The van der Waals surface area contributed by atoms with Crippen molar-refractivity contribution in [3.8, 4) is 0 Å². The first-order valence-corrected chi connectivity index (χ1v) is 6.03. The minimum Gasteiger partial charge on any atom is -0.369 e. The van der Waals surface area contributed by atoms with Crippen LogP contribution in [0.4, 0.5) is 14.5 Å². The third-order valence-corrected chi connectivity index (χ3v) is 2.79. The minimum absolute atomic E-state index is 0.108. The summed E-state index contributed by atoms with van der Waals surface area (Å²) in [4.78, 5) is 12.5. The van der Waals surface area contributed by atoms with Crippen molar-refractivity contribution in [3.63, 3.8) is 0 Å². The lowest BCUT2D eigenvalue weighted by molar-refractivity contribution is -0.120. The lowest BCUT2D eigenvalue weighted by atomic mass is 10.1. The maximum atomic E-state index is 13.9. The van der Waals surface area contributed by atoms with Gasteiger partial charge in [0, 0.05) is 33.6 Å². The van der Waals surface area contributed by atoms with Crippen molar-refractivity contribution >= 4 is 11.6 Å². The molecule has 0 heterocycles. The van der Waals surface area contributed by atoms with Crippen LogP contribution < -0.4 is 15.5 Å². The molecule has 0 saturated carbocycles. The molecule has 6 heteroatoms. The highest BCUT2D eigenvalue weighted by Crippen LogP contribution is 2.24. The Morgan fingerprint density at radius 1 is 1.26 bits per heavy atom. The Bertz CT molecular complexity index is 429. The summed E-state index contributed by atoms with van der Waals surface area (Å²) in [5.74, 6) is -1.41. The van der Waals surface area contributed by atoms with Gasteiger partial charge in [0.25, 0.3) is 0 Å². The van der Waals surface area contributed by atoms with Crippen LogP contribution in [0.25, 0.3) is 0 Å². The predicted octanol–water partition coefficient (Wildman–Crippen LogP) is 1.26. The molecule has 0 aliphatic heterocycles. The van der Waals surface area contributed by atoms with Gasteiger partial charge in [-0.1, -0.05) is 0 Å². The van der Waals surface area contributed by atoms with Crippen LogP contribution in [0.2, 0.25) is 0 Å². The van der Waals surface area contributed by atoms with E-state index < -0.39 is 11.6 Å². The SMILES string of the molecule is CNCc1cc(F)c(N(C)CCC(=O)NC)c(F)c1. The van der Waals surface area contributed by atoms with Crippen molar-refractivity contribution in [2.45, 2.75) is 13.0 Å². The van der Waals surface area contributed by atoms with Crippen LogP contribution in [0.3, 0.4) is 0 Å². The molecular weight excluding hydrogens is 252 g/mol. The van der Waals surface area contributed by atoms with Crippen LogP contribution in [-0.4, -0.2) is 33.6 Å². The first-order chi connectivity index (χ1) is 8.99. The molecule has 106 valence electrons. The normalized spacial score (nSPS) is 10.4. The Morgan fingerprint density at radius 2 is 1.84 bits per heavy atom. The van der Waals surface area contributed by atoms with Crippen molar-refractivity contribution in [2.75, 3.05) is 32.6 Å². The molecule has 4 nitrogen and oxygen atoms in total. The number of carbonyl (C=O) groups excluding carboxylic acids is 1. The topological polar surface area (TPSA) is 44.4 Å². The van der Waals surface area contributed by atoms with E-state index in [1.807, 2.05) is 0 Å². The van der Waals surface area contributed by atoms with E-state index in [1.54, 1.807) is 14.1 Å². The molecular formula is C13H19F2N3O. The van der Waals surface area contributed by atoms with Crippen molar-refractivity contribution in [1.82, 2.24) is 10.6 Å². The fourth-order valence-electron chi connectivity index (χ4n) is 1.79. The van der Waals surface area contributed by atoms with Gasteiger partial charge < -0.3 is 15.5 Å². The van der Waals surface area contributed by atoms with Crippen molar-refractivity contribution in [1.29, 1.82) is 0 Å². The van der Waals surface area contributed by atoms with E-state index in [0.29, 0.717) is 12.1 Å². The van der Waals surface area contributed by atoms with Crippen LogP contribution in [-0.2, 0) is 11.3 Å². The molecule has 0 spiro atoms. The standard InChI is InChI=1S/C13H19F2N3O/c1-16-8-9-6-10(14)13(11(15)7-9)18(3)5-4-12(19)17-2/h6-7,16H,4-5,8H2,1-3H3,(H,17,19). The maximum absolute atomic E-state index is 13.9. The summed E-state index contributed by atoms with van der Waals surface area (Å²) < 4.78 is 27.8. The number of carbonyl (C=O) groups is 1. The molecule has 0 aliphatic carbocycles. The van der Waals surface area contributed by atoms with Gasteiger partial charge in [0.2, 0.25) is 5.91 Å². The molecule has 1 amide bonds. The molecule has 0 radical (unpaired) electrons. The van der Waals surface area contributed by atoms with Gasteiger partial charge in [-0.2, -0.15) is 0 Å². The molecule has 0 saturated heterocycles. The van der Waals surface area contributed by atoms with Gasteiger partial charge in [-0.15, -0.1) is 0 Å². The number of halogens is 2. The first-order valence-electron chi connectivity index (χ1n) is 6.03. The third kappa shape index (κ3) is 4.17.